The number of carboxylic acid groups (broad SMARTS) is 1. The number of fused-ring (bicyclic) bond motifs is 1. The number of carboxylic acids is 1. The van der Waals surface area contributed by atoms with E-state index >= 15 is 0 Å². The summed E-state index contributed by atoms with van der Waals surface area (Å²) in [7, 11) is 1.53. The molecule has 8 heteroatoms. The van der Waals surface area contributed by atoms with Crippen molar-refractivity contribution in [3.8, 4) is 11.4 Å². The Bertz CT molecular complexity index is 1250. The Balaban J connectivity index is 1.50. The maximum atomic E-state index is 12.4. The summed E-state index contributed by atoms with van der Waals surface area (Å²) in [5.74, 6) is -0.816. The van der Waals surface area contributed by atoms with Crippen molar-refractivity contribution >= 4 is 29.1 Å². The largest absolute Gasteiger partial charge is 0.493 e. The van der Waals surface area contributed by atoms with Gasteiger partial charge in [0.2, 0.25) is 0 Å². The molecule has 4 aromatic rings. The van der Waals surface area contributed by atoms with E-state index in [1.54, 1.807) is 24.3 Å². The molecular formula is C22H17N3O5. The van der Waals surface area contributed by atoms with Crippen molar-refractivity contribution in [3.05, 3.63) is 83.9 Å². The molecule has 0 aliphatic heterocycles. The maximum Gasteiger partial charge on any atom is 0.335 e. The van der Waals surface area contributed by atoms with Gasteiger partial charge in [-0.2, -0.15) is 5.10 Å². The SMILES string of the molecule is COc1cccc2cc(C(=O)NN=Cc3cccn3-c3ccc(C(=O)O)cc3)oc12. The third-order valence-electron chi connectivity index (χ3n) is 4.49. The second kappa shape index (κ2) is 7.96. The van der Waals surface area contributed by atoms with E-state index in [0.29, 0.717) is 17.0 Å². The van der Waals surface area contributed by atoms with Gasteiger partial charge in [-0.15, -0.1) is 0 Å². The highest BCUT2D eigenvalue weighted by molar-refractivity contribution is 5.97. The zero-order valence-corrected chi connectivity index (χ0v) is 15.9. The molecule has 0 saturated heterocycles. The molecule has 0 unspecified atom stereocenters. The summed E-state index contributed by atoms with van der Waals surface area (Å²) in [5, 5.41) is 13.8. The van der Waals surface area contributed by atoms with Crippen LogP contribution in [0, 0.1) is 0 Å². The summed E-state index contributed by atoms with van der Waals surface area (Å²) in [6.45, 7) is 0. The van der Waals surface area contributed by atoms with Gasteiger partial charge in [0.05, 0.1) is 24.6 Å². The lowest BCUT2D eigenvalue weighted by Gasteiger charge is -2.06. The third-order valence-corrected chi connectivity index (χ3v) is 4.49. The molecule has 0 aliphatic carbocycles. The first-order valence-electron chi connectivity index (χ1n) is 8.98. The fraction of sp³-hybridized carbons (Fsp3) is 0.0455. The Morgan fingerprint density at radius 1 is 1.13 bits per heavy atom. The zero-order valence-electron chi connectivity index (χ0n) is 15.9. The smallest absolute Gasteiger partial charge is 0.335 e. The fourth-order valence-electron chi connectivity index (χ4n) is 3.02. The average Bonchev–Trinajstić information content (AvgIpc) is 3.40. The molecule has 150 valence electrons. The summed E-state index contributed by atoms with van der Waals surface area (Å²) in [4.78, 5) is 23.4. The van der Waals surface area contributed by atoms with Crippen molar-refractivity contribution in [1.29, 1.82) is 0 Å². The standard InChI is InChI=1S/C22H17N3O5/c1-29-18-6-2-4-15-12-19(30-20(15)18)21(26)24-23-13-17-5-3-11-25(17)16-9-7-14(8-10-16)22(27)28/h2-13H,1H3,(H,24,26)(H,27,28). The summed E-state index contributed by atoms with van der Waals surface area (Å²) in [6, 6.07) is 17.1. The van der Waals surface area contributed by atoms with Crippen LogP contribution in [0.5, 0.6) is 5.75 Å². The topological polar surface area (TPSA) is 106 Å². The molecule has 0 bridgehead atoms. The van der Waals surface area contributed by atoms with E-state index in [0.717, 1.165) is 11.1 Å². The Morgan fingerprint density at radius 3 is 2.67 bits per heavy atom. The number of aromatic nitrogens is 1. The Hall–Kier alpha value is -4.33. The lowest BCUT2D eigenvalue weighted by atomic mass is 10.2. The number of methoxy groups -OCH3 is 1. The number of benzene rings is 2. The number of hydrogen-bond donors (Lipinski definition) is 2. The number of nitrogens with one attached hydrogen (secondary N) is 1. The van der Waals surface area contributed by atoms with Crippen LogP contribution in [-0.4, -0.2) is 34.9 Å². The summed E-state index contributed by atoms with van der Waals surface area (Å²) in [6.07, 6.45) is 3.30. The first-order valence-corrected chi connectivity index (χ1v) is 8.98. The van der Waals surface area contributed by atoms with E-state index in [-0.39, 0.29) is 11.3 Å². The number of hydrazone groups is 1. The summed E-state index contributed by atoms with van der Waals surface area (Å²) < 4.78 is 12.6. The van der Waals surface area contributed by atoms with Crippen molar-refractivity contribution in [1.82, 2.24) is 9.99 Å². The van der Waals surface area contributed by atoms with Gasteiger partial charge in [-0.25, -0.2) is 10.2 Å². The van der Waals surface area contributed by atoms with Gasteiger partial charge in [-0.3, -0.25) is 4.79 Å². The number of furan rings is 1. The van der Waals surface area contributed by atoms with Crippen molar-refractivity contribution < 1.29 is 23.8 Å². The van der Waals surface area contributed by atoms with Crippen molar-refractivity contribution in [2.75, 3.05) is 7.11 Å². The molecule has 0 saturated carbocycles. The molecule has 2 heterocycles. The molecule has 30 heavy (non-hydrogen) atoms. The minimum absolute atomic E-state index is 0.117. The minimum Gasteiger partial charge on any atom is -0.493 e. The third kappa shape index (κ3) is 3.66. The second-order valence-electron chi connectivity index (χ2n) is 6.34. The van der Waals surface area contributed by atoms with Gasteiger partial charge in [0.1, 0.15) is 0 Å². The highest BCUT2D eigenvalue weighted by Crippen LogP contribution is 2.28. The van der Waals surface area contributed by atoms with Crippen LogP contribution in [0.25, 0.3) is 16.7 Å². The van der Waals surface area contributed by atoms with Crippen LogP contribution in [0.4, 0.5) is 0 Å². The van der Waals surface area contributed by atoms with Gasteiger partial charge < -0.3 is 18.8 Å². The van der Waals surface area contributed by atoms with Gasteiger partial charge >= 0.3 is 11.9 Å². The number of hydrogen-bond acceptors (Lipinski definition) is 5. The van der Waals surface area contributed by atoms with E-state index in [2.05, 4.69) is 10.5 Å². The second-order valence-corrected chi connectivity index (χ2v) is 6.34. The van der Waals surface area contributed by atoms with Crippen LogP contribution in [0.2, 0.25) is 0 Å². The Kier molecular flexibility index (Phi) is 5.04. The van der Waals surface area contributed by atoms with Crippen LogP contribution in [0.1, 0.15) is 26.6 Å². The molecule has 0 atom stereocenters. The van der Waals surface area contributed by atoms with E-state index in [9.17, 15) is 9.59 Å². The Morgan fingerprint density at radius 2 is 1.93 bits per heavy atom. The predicted molar refractivity (Wildman–Crippen MR) is 111 cm³/mol. The van der Waals surface area contributed by atoms with E-state index in [1.165, 1.54) is 25.5 Å². The lowest BCUT2D eigenvalue weighted by molar-refractivity contribution is 0.0696. The maximum absolute atomic E-state index is 12.4. The molecule has 0 aliphatic rings. The molecule has 2 aromatic carbocycles. The van der Waals surface area contributed by atoms with E-state index < -0.39 is 11.9 Å². The van der Waals surface area contributed by atoms with Crippen molar-refractivity contribution in [2.45, 2.75) is 0 Å². The summed E-state index contributed by atoms with van der Waals surface area (Å²) in [5.41, 5.74) is 4.61. The van der Waals surface area contributed by atoms with Crippen molar-refractivity contribution in [2.24, 2.45) is 5.10 Å². The molecule has 8 nitrogen and oxygen atoms in total. The lowest BCUT2D eigenvalue weighted by Crippen LogP contribution is -2.17. The zero-order chi connectivity index (χ0) is 21.1. The predicted octanol–water partition coefficient (Wildman–Crippen LogP) is 3.69. The number of carbonyl (C=O) groups is 2. The highest BCUT2D eigenvalue weighted by atomic mass is 16.5. The molecule has 0 fully saturated rings. The molecule has 0 radical (unpaired) electrons. The number of ether oxygens (including phenoxy) is 1. The number of nitrogens with zero attached hydrogens (tertiary/aromatic N) is 2. The van der Waals surface area contributed by atoms with Gasteiger partial charge in [-0.05, 0) is 48.5 Å². The summed E-state index contributed by atoms with van der Waals surface area (Å²) >= 11 is 0. The Labute approximate surface area is 171 Å². The number of carbonyl (C=O) groups excluding carboxylic acids is 1. The van der Waals surface area contributed by atoms with E-state index in [4.69, 9.17) is 14.3 Å². The van der Waals surface area contributed by atoms with Gasteiger partial charge in [-0.1, -0.05) is 12.1 Å². The number of rotatable bonds is 6. The molecule has 4 rings (SSSR count). The van der Waals surface area contributed by atoms with Crippen molar-refractivity contribution in [3.63, 3.8) is 0 Å². The molecule has 2 N–H and O–H groups in total. The van der Waals surface area contributed by atoms with Crippen LogP contribution in [0.15, 0.2) is 76.4 Å². The fourth-order valence-corrected chi connectivity index (χ4v) is 3.02. The van der Waals surface area contributed by atoms with Crippen LogP contribution in [0.3, 0.4) is 0 Å². The van der Waals surface area contributed by atoms with Gasteiger partial charge in [0.25, 0.3) is 0 Å². The van der Waals surface area contributed by atoms with Gasteiger partial charge in [0, 0.05) is 17.3 Å². The number of aromatic carboxylic acids is 1. The average molecular weight is 403 g/mol. The quantitative estimate of drug-likeness (QED) is 0.377. The van der Waals surface area contributed by atoms with E-state index in [1.807, 2.05) is 35.0 Å². The molecule has 2 aromatic heterocycles. The monoisotopic (exact) mass is 403 g/mol. The highest BCUT2D eigenvalue weighted by Gasteiger charge is 2.14. The normalized spacial score (nSPS) is 11.1. The van der Waals surface area contributed by atoms with Crippen LogP contribution >= 0.6 is 0 Å². The number of amides is 1. The van der Waals surface area contributed by atoms with Gasteiger partial charge in [0.15, 0.2) is 17.1 Å². The molecule has 0 spiro atoms. The first kappa shape index (κ1) is 19.0. The minimum atomic E-state index is -0.984. The number of para-hydroxylation sites is 1. The van der Waals surface area contributed by atoms with Crippen LogP contribution in [-0.2, 0) is 0 Å². The molecule has 1 amide bonds. The van der Waals surface area contributed by atoms with Crippen LogP contribution < -0.4 is 10.2 Å². The molecular weight excluding hydrogens is 386 g/mol. The first-order chi connectivity index (χ1) is 14.6.